The number of carbonyl (C=O) groups excluding carboxylic acids is 1. The number of hydrogen-bond donors (Lipinski definition) is 1. The van der Waals surface area contributed by atoms with Gasteiger partial charge in [0.15, 0.2) is 0 Å². The fraction of sp³-hybridized carbons (Fsp3) is 0.562. The quantitative estimate of drug-likeness (QED) is 0.853. The Kier molecular flexibility index (Phi) is 4.59. The van der Waals surface area contributed by atoms with Crippen LogP contribution >= 0.6 is 0 Å². The fourth-order valence-corrected chi connectivity index (χ4v) is 2.25. The normalized spacial score (nSPS) is 14.7. The van der Waals surface area contributed by atoms with E-state index in [0.29, 0.717) is 13.0 Å². The Labute approximate surface area is 115 Å². The molecule has 19 heavy (non-hydrogen) atoms. The zero-order chi connectivity index (χ0) is 13.8. The van der Waals surface area contributed by atoms with Crippen LogP contribution in [0.1, 0.15) is 37.8 Å². The summed E-state index contributed by atoms with van der Waals surface area (Å²) >= 11 is 0. The van der Waals surface area contributed by atoms with E-state index in [0.717, 1.165) is 23.6 Å². The van der Waals surface area contributed by atoms with Crippen molar-refractivity contribution >= 4 is 5.91 Å². The molecule has 104 valence electrons. The Balaban J connectivity index is 1.96. The summed E-state index contributed by atoms with van der Waals surface area (Å²) < 4.78 is 0. The molecule has 0 spiro atoms. The number of amides is 1. The Bertz CT molecular complexity index is 421. The molecule has 0 unspecified atom stereocenters. The zero-order valence-electron chi connectivity index (χ0n) is 11.9. The second-order valence-corrected chi connectivity index (χ2v) is 5.78. The van der Waals surface area contributed by atoms with E-state index >= 15 is 0 Å². The average molecular weight is 260 g/mol. The number of nitrogens with zero attached hydrogens (tertiary/aromatic N) is 1. The molecule has 0 bridgehead atoms. The second kappa shape index (κ2) is 6.20. The fourth-order valence-electron chi connectivity index (χ4n) is 2.25. The van der Waals surface area contributed by atoms with Crippen LogP contribution in [0, 0.1) is 5.92 Å². The number of nitrogens with two attached hydrogens (primary N) is 1. The topological polar surface area (TPSA) is 46.3 Å². The van der Waals surface area contributed by atoms with E-state index in [-0.39, 0.29) is 11.9 Å². The van der Waals surface area contributed by atoms with Gasteiger partial charge in [-0.2, -0.15) is 0 Å². The Morgan fingerprint density at radius 2 is 1.84 bits per heavy atom. The minimum atomic E-state index is 0.238. The molecule has 3 heteroatoms. The third-order valence-corrected chi connectivity index (χ3v) is 3.71. The summed E-state index contributed by atoms with van der Waals surface area (Å²) in [5.74, 6) is 0.980. The summed E-state index contributed by atoms with van der Waals surface area (Å²) in [4.78, 5) is 14.4. The molecule has 1 aliphatic carbocycles. The van der Waals surface area contributed by atoms with Gasteiger partial charge >= 0.3 is 0 Å². The van der Waals surface area contributed by atoms with Crippen LogP contribution in [0.2, 0.25) is 0 Å². The van der Waals surface area contributed by atoms with Crippen LogP contribution in [0.4, 0.5) is 0 Å². The van der Waals surface area contributed by atoms with Crippen LogP contribution < -0.4 is 5.73 Å². The molecular formula is C16H24N2O. The van der Waals surface area contributed by atoms with Gasteiger partial charge in [-0.25, -0.2) is 0 Å². The minimum absolute atomic E-state index is 0.238. The third-order valence-electron chi connectivity index (χ3n) is 3.71. The molecule has 1 amide bonds. The van der Waals surface area contributed by atoms with Crippen LogP contribution in [-0.2, 0) is 17.8 Å². The van der Waals surface area contributed by atoms with E-state index in [4.69, 9.17) is 5.73 Å². The molecule has 1 aliphatic rings. The van der Waals surface area contributed by atoms with E-state index in [1.165, 1.54) is 12.8 Å². The predicted octanol–water partition coefficient (Wildman–Crippen LogP) is 2.33. The van der Waals surface area contributed by atoms with Crippen LogP contribution in [0.5, 0.6) is 0 Å². The highest BCUT2D eigenvalue weighted by Crippen LogP contribution is 2.30. The van der Waals surface area contributed by atoms with Crippen molar-refractivity contribution in [2.75, 3.05) is 6.54 Å². The van der Waals surface area contributed by atoms with Crippen molar-refractivity contribution in [2.24, 2.45) is 11.7 Å². The smallest absolute Gasteiger partial charge is 0.227 e. The molecule has 2 rings (SSSR count). The van der Waals surface area contributed by atoms with Gasteiger partial charge < -0.3 is 10.6 Å². The lowest BCUT2D eigenvalue weighted by atomic mass is 10.1. The van der Waals surface area contributed by atoms with E-state index < -0.39 is 0 Å². The summed E-state index contributed by atoms with van der Waals surface area (Å²) in [6.45, 7) is 5.67. The van der Waals surface area contributed by atoms with Gasteiger partial charge in [0.1, 0.15) is 0 Å². The van der Waals surface area contributed by atoms with Gasteiger partial charge in [-0.3, -0.25) is 4.79 Å². The lowest BCUT2D eigenvalue weighted by molar-refractivity contribution is -0.132. The van der Waals surface area contributed by atoms with Crippen molar-refractivity contribution in [3.63, 3.8) is 0 Å². The summed E-state index contributed by atoms with van der Waals surface area (Å²) in [5.41, 5.74) is 7.75. The van der Waals surface area contributed by atoms with Gasteiger partial charge in [0, 0.05) is 19.1 Å². The molecule has 0 aromatic heterocycles. The summed E-state index contributed by atoms with van der Waals surface area (Å²) in [7, 11) is 0. The molecular weight excluding hydrogens is 236 g/mol. The first-order valence-corrected chi connectivity index (χ1v) is 7.17. The molecule has 0 saturated heterocycles. The van der Waals surface area contributed by atoms with Gasteiger partial charge in [-0.1, -0.05) is 24.3 Å². The first-order chi connectivity index (χ1) is 9.10. The highest BCUT2D eigenvalue weighted by atomic mass is 16.2. The molecule has 0 atom stereocenters. The van der Waals surface area contributed by atoms with Crippen LogP contribution in [0.15, 0.2) is 24.3 Å². The molecule has 0 radical (unpaired) electrons. The van der Waals surface area contributed by atoms with Crippen LogP contribution in [-0.4, -0.2) is 23.4 Å². The molecule has 1 fully saturated rings. The average Bonchev–Trinajstić information content (AvgIpc) is 3.20. The van der Waals surface area contributed by atoms with E-state index in [1.54, 1.807) is 0 Å². The van der Waals surface area contributed by atoms with Gasteiger partial charge in [-0.05, 0) is 43.7 Å². The SMILES string of the molecule is CC(C)N(CC1CC1)C(=O)Cc1ccc(CN)cc1. The first kappa shape index (κ1) is 14.1. The molecule has 2 N–H and O–H groups in total. The van der Waals surface area contributed by atoms with Crippen molar-refractivity contribution in [2.45, 2.75) is 45.7 Å². The monoisotopic (exact) mass is 260 g/mol. The first-order valence-electron chi connectivity index (χ1n) is 7.17. The Morgan fingerprint density at radius 3 is 2.32 bits per heavy atom. The van der Waals surface area contributed by atoms with Crippen molar-refractivity contribution in [3.05, 3.63) is 35.4 Å². The minimum Gasteiger partial charge on any atom is -0.340 e. The maximum absolute atomic E-state index is 12.4. The highest BCUT2D eigenvalue weighted by molar-refractivity contribution is 5.79. The molecule has 1 aromatic rings. The molecule has 1 aromatic carbocycles. The van der Waals surface area contributed by atoms with E-state index in [9.17, 15) is 4.79 Å². The van der Waals surface area contributed by atoms with Gasteiger partial charge in [0.25, 0.3) is 0 Å². The van der Waals surface area contributed by atoms with Gasteiger partial charge in [-0.15, -0.1) is 0 Å². The molecule has 0 aliphatic heterocycles. The summed E-state index contributed by atoms with van der Waals surface area (Å²) in [6.07, 6.45) is 3.05. The predicted molar refractivity (Wildman–Crippen MR) is 77.6 cm³/mol. The third kappa shape index (κ3) is 4.06. The maximum atomic E-state index is 12.4. The number of hydrogen-bond acceptors (Lipinski definition) is 2. The van der Waals surface area contributed by atoms with Crippen molar-refractivity contribution in [1.82, 2.24) is 4.90 Å². The molecule has 3 nitrogen and oxygen atoms in total. The molecule has 1 saturated carbocycles. The standard InChI is InChI=1S/C16H24N2O/c1-12(2)18(11-15-7-8-15)16(19)9-13-3-5-14(10-17)6-4-13/h3-6,12,15H,7-11,17H2,1-2H3. The van der Waals surface area contributed by atoms with Crippen LogP contribution in [0.3, 0.4) is 0 Å². The van der Waals surface area contributed by atoms with E-state index in [2.05, 4.69) is 13.8 Å². The Hall–Kier alpha value is -1.35. The van der Waals surface area contributed by atoms with Crippen molar-refractivity contribution in [3.8, 4) is 0 Å². The summed E-state index contributed by atoms with van der Waals surface area (Å²) in [6, 6.07) is 8.31. The lowest BCUT2D eigenvalue weighted by Crippen LogP contribution is -2.39. The summed E-state index contributed by atoms with van der Waals surface area (Å²) in [5, 5.41) is 0. The number of rotatable bonds is 6. The largest absolute Gasteiger partial charge is 0.340 e. The molecule has 0 heterocycles. The van der Waals surface area contributed by atoms with E-state index in [1.807, 2.05) is 29.2 Å². The van der Waals surface area contributed by atoms with Gasteiger partial charge in [0.05, 0.1) is 6.42 Å². The lowest BCUT2D eigenvalue weighted by Gasteiger charge is -2.27. The number of carbonyl (C=O) groups is 1. The highest BCUT2D eigenvalue weighted by Gasteiger charge is 2.27. The van der Waals surface area contributed by atoms with Gasteiger partial charge in [0.2, 0.25) is 5.91 Å². The second-order valence-electron chi connectivity index (χ2n) is 5.78. The van der Waals surface area contributed by atoms with Crippen LogP contribution in [0.25, 0.3) is 0 Å². The van der Waals surface area contributed by atoms with Crippen molar-refractivity contribution < 1.29 is 4.79 Å². The number of benzene rings is 1. The maximum Gasteiger partial charge on any atom is 0.227 e. The van der Waals surface area contributed by atoms with Crippen molar-refractivity contribution in [1.29, 1.82) is 0 Å². The Morgan fingerprint density at radius 1 is 1.26 bits per heavy atom. The zero-order valence-corrected chi connectivity index (χ0v) is 11.9.